The van der Waals surface area contributed by atoms with Crippen molar-refractivity contribution in [1.82, 2.24) is 4.72 Å². The molecule has 1 N–H and O–H groups in total. The third-order valence-corrected chi connectivity index (χ3v) is 4.18. The van der Waals surface area contributed by atoms with Crippen LogP contribution >= 0.6 is 0 Å². The van der Waals surface area contributed by atoms with Crippen molar-refractivity contribution < 1.29 is 18.1 Å². The Balaban J connectivity index is 3.24. The smallest absolute Gasteiger partial charge is 0.312 e. The molecule has 0 aliphatic heterocycles. The summed E-state index contributed by atoms with van der Waals surface area (Å²) in [6.07, 6.45) is 0. The van der Waals surface area contributed by atoms with Crippen LogP contribution in [-0.4, -0.2) is 26.5 Å². The van der Waals surface area contributed by atoms with Gasteiger partial charge in [0.25, 0.3) is 0 Å². The van der Waals surface area contributed by atoms with Crippen LogP contribution < -0.4 is 9.46 Å². The van der Waals surface area contributed by atoms with Crippen LogP contribution in [0.25, 0.3) is 0 Å². The molecule has 1 unspecified atom stereocenters. The highest BCUT2D eigenvalue weighted by atomic mass is 32.2. The highest BCUT2D eigenvalue weighted by molar-refractivity contribution is 7.89. The highest BCUT2D eigenvalue weighted by Crippen LogP contribution is 2.29. The van der Waals surface area contributed by atoms with Crippen molar-refractivity contribution in [2.75, 3.05) is 7.11 Å². The van der Waals surface area contributed by atoms with Gasteiger partial charge >= 0.3 is 5.69 Å². The maximum atomic E-state index is 12.2. The molecule has 0 spiro atoms. The molecule has 1 aromatic rings. The number of ether oxygens (including phenoxy) is 1. The van der Waals surface area contributed by atoms with Gasteiger partial charge in [-0.15, -0.1) is 0 Å². The zero-order valence-corrected chi connectivity index (χ0v) is 12.5. The van der Waals surface area contributed by atoms with Gasteiger partial charge in [-0.05, 0) is 18.1 Å². The lowest BCUT2D eigenvalue weighted by molar-refractivity contribution is -0.386. The molecule has 0 bridgehead atoms. The zero-order chi connectivity index (χ0) is 16.2. The van der Waals surface area contributed by atoms with Gasteiger partial charge in [0.15, 0.2) is 5.75 Å². The van der Waals surface area contributed by atoms with Gasteiger partial charge in [0, 0.05) is 6.07 Å². The maximum Gasteiger partial charge on any atom is 0.312 e. The number of rotatable bonds is 6. The largest absolute Gasteiger partial charge is 0.490 e. The molecule has 0 amide bonds. The quantitative estimate of drug-likeness (QED) is 0.626. The molecule has 1 rings (SSSR count). The van der Waals surface area contributed by atoms with E-state index in [1.165, 1.54) is 19.2 Å². The molecule has 8 nitrogen and oxygen atoms in total. The monoisotopic (exact) mass is 313 g/mol. The molecular weight excluding hydrogens is 298 g/mol. The van der Waals surface area contributed by atoms with Crippen molar-refractivity contribution in [2.45, 2.75) is 24.8 Å². The number of nitro benzene ring substituents is 1. The van der Waals surface area contributed by atoms with Crippen LogP contribution in [0.2, 0.25) is 0 Å². The van der Waals surface area contributed by atoms with Crippen LogP contribution in [-0.2, 0) is 10.0 Å². The van der Waals surface area contributed by atoms with E-state index in [1.54, 1.807) is 13.8 Å². The van der Waals surface area contributed by atoms with Gasteiger partial charge in [-0.2, -0.15) is 9.98 Å². The Morgan fingerprint density at radius 2 is 2.05 bits per heavy atom. The molecule has 0 heterocycles. The molecule has 0 fully saturated rings. The number of benzene rings is 1. The first-order valence-electron chi connectivity index (χ1n) is 5.97. The fourth-order valence-electron chi connectivity index (χ4n) is 1.53. The van der Waals surface area contributed by atoms with Crippen LogP contribution in [0.3, 0.4) is 0 Å². The minimum Gasteiger partial charge on any atom is -0.490 e. The van der Waals surface area contributed by atoms with Gasteiger partial charge in [-0.1, -0.05) is 13.8 Å². The van der Waals surface area contributed by atoms with E-state index in [-0.39, 0.29) is 16.6 Å². The average Bonchev–Trinajstić information content (AvgIpc) is 2.43. The molecule has 1 atom stereocenters. The summed E-state index contributed by atoms with van der Waals surface area (Å²) >= 11 is 0. The number of sulfonamides is 1. The number of nitriles is 1. The van der Waals surface area contributed by atoms with Crippen LogP contribution in [0, 0.1) is 27.4 Å². The molecule has 0 aliphatic carbocycles. The van der Waals surface area contributed by atoms with Gasteiger partial charge in [-0.3, -0.25) is 10.1 Å². The molecule has 0 aliphatic rings. The molecule has 9 heteroatoms. The third kappa shape index (κ3) is 3.90. The van der Waals surface area contributed by atoms with Gasteiger partial charge in [0.2, 0.25) is 10.0 Å². The van der Waals surface area contributed by atoms with E-state index >= 15 is 0 Å². The summed E-state index contributed by atoms with van der Waals surface area (Å²) in [4.78, 5) is 9.87. The second-order valence-corrected chi connectivity index (χ2v) is 6.28. The predicted octanol–water partition coefficient (Wildman–Crippen LogP) is 1.43. The lowest BCUT2D eigenvalue weighted by atomic mass is 10.1. The topological polar surface area (TPSA) is 122 Å². The average molecular weight is 313 g/mol. The zero-order valence-electron chi connectivity index (χ0n) is 11.7. The first-order chi connectivity index (χ1) is 9.72. The summed E-state index contributed by atoms with van der Waals surface area (Å²) < 4.78 is 31.3. The van der Waals surface area contributed by atoms with Crippen LogP contribution in [0.5, 0.6) is 5.75 Å². The standard InChI is InChI=1S/C12H15N3O5S/c1-8(2)10(7-13)14-21(18,19)9-4-5-12(20-3)11(6-9)15(16)17/h4-6,8,10,14H,1-3H3. The van der Waals surface area contributed by atoms with Crippen molar-refractivity contribution >= 4 is 15.7 Å². The summed E-state index contributed by atoms with van der Waals surface area (Å²) in [6, 6.07) is 4.20. The Bertz CT molecular complexity index is 679. The van der Waals surface area contributed by atoms with Crippen LogP contribution in [0.15, 0.2) is 23.1 Å². The van der Waals surface area contributed by atoms with E-state index in [0.717, 1.165) is 6.07 Å². The molecule has 0 saturated carbocycles. The number of nitrogens with one attached hydrogen (secondary N) is 1. The predicted molar refractivity (Wildman–Crippen MR) is 74.2 cm³/mol. The molecule has 0 aromatic heterocycles. The molecule has 21 heavy (non-hydrogen) atoms. The molecule has 0 radical (unpaired) electrons. The van der Waals surface area contributed by atoms with Crippen LogP contribution in [0.4, 0.5) is 5.69 Å². The maximum absolute atomic E-state index is 12.2. The van der Waals surface area contributed by atoms with Crippen molar-refractivity contribution in [3.8, 4) is 11.8 Å². The molecule has 1 aromatic carbocycles. The fourth-order valence-corrected chi connectivity index (χ4v) is 2.84. The summed E-state index contributed by atoms with van der Waals surface area (Å²) in [5, 5.41) is 19.8. The van der Waals surface area contributed by atoms with Gasteiger partial charge in [0.1, 0.15) is 6.04 Å². The van der Waals surface area contributed by atoms with Crippen molar-refractivity contribution in [2.24, 2.45) is 5.92 Å². The normalized spacial score (nSPS) is 12.7. The number of nitro groups is 1. The highest BCUT2D eigenvalue weighted by Gasteiger charge is 2.25. The Hall–Kier alpha value is -2.18. The summed E-state index contributed by atoms with van der Waals surface area (Å²) in [5.74, 6) is -0.280. The van der Waals surface area contributed by atoms with E-state index < -0.39 is 26.7 Å². The van der Waals surface area contributed by atoms with Gasteiger partial charge in [0.05, 0.1) is 23.0 Å². The fraction of sp³-hybridized carbons (Fsp3) is 0.417. The molecule has 0 saturated heterocycles. The van der Waals surface area contributed by atoms with Crippen molar-refractivity contribution in [3.63, 3.8) is 0 Å². The van der Waals surface area contributed by atoms with Crippen molar-refractivity contribution in [3.05, 3.63) is 28.3 Å². The van der Waals surface area contributed by atoms with Crippen molar-refractivity contribution in [1.29, 1.82) is 5.26 Å². The number of methoxy groups -OCH3 is 1. The number of nitrogens with zero attached hydrogens (tertiary/aromatic N) is 2. The number of hydrogen-bond donors (Lipinski definition) is 1. The summed E-state index contributed by atoms with van der Waals surface area (Å²) in [6.45, 7) is 3.37. The summed E-state index contributed by atoms with van der Waals surface area (Å²) in [7, 11) is -2.78. The third-order valence-electron chi connectivity index (χ3n) is 2.75. The van der Waals surface area contributed by atoms with E-state index in [2.05, 4.69) is 4.72 Å². The van der Waals surface area contributed by atoms with E-state index in [9.17, 15) is 18.5 Å². The Labute approximate surface area is 122 Å². The minimum absolute atomic E-state index is 0.0420. The second kappa shape index (κ2) is 6.51. The minimum atomic E-state index is -4.03. The Kier molecular flexibility index (Phi) is 5.23. The first kappa shape index (κ1) is 16.9. The Morgan fingerprint density at radius 3 is 2.48 bits per heavy atom. The summed E-state index contributed by atoms with van der Waals surface area (Å²) in [5.41, 5.74) is -0.460. The van der Waals surface area contributed by atoms with E-state index in [1.807, 2.05) is 6.07 Å². The lowest BCUT2D eigenvalue weighted by Gasteiger charge is -2.15. The number of hydrogen-bond acceptors (Lipinski definition) is 6. The molecule has 114 valence electrons. The van der Waals surface area contributed by atoms with E-state index in [4.69, 9.17) is 10.00 Å². The molecular formula is C12H15N3O5S. The van der Waals surface area contributed by atoms with Gasteiger partial charge < -0.3 is 4.74 Å². The SMILES string of the molecule is COc1ccc(S(=O)(=O)NC(C#N)C(C)C)cc1[N+](=O)[O-]. The van der Waals surface area contributed by atoms with Gasteiger partial charge in [-0.25, -0.2) is 8.42 Å². The second-order valence-electron chi connectivity index (χ2n) is 4.56. The lowest BCUT2D eigenvalue weighted by Crippen LogP contribution is -2.37. The first-order valence-corrected chi connectivity index (χ1v) is 7.45. The Morgan fingerprint density at radius 1 is 1.43 bits per heavy atom. The van der Waals surface area contributed by atoms with Crippen LogP contribution in [0.1, 0.15) is 13.8 Å². The van der Waals surface area contributed by atoms with E-state index in [0.29, 0.717) is 0 Å².